The van der Waals surface area contributed by atoms with Crippen LogP contribution < -0.4 is 10.1 Å². The molecule has 1 fully saturated rings. The summed E-state index contributed by atoms with van der Waals surface area (Å²) in [4.78, 5) is 2.46. The van der Waals surface area contributed by atoms with Crippen LogP contribution in [0.1, 0.15) is 24.1 Å². The third-order valence-corrected chi connectivity index (χ3v) is 4.82. The van der Waals surface area contributed by atoms with Crippen molar-refractivity contribution in [3.8, 4) is 5.75 Å². The van der Waals surface area contributed by atoms with Crippen LogP contribution in [-0.2, 0) is 0 Å². The molecular weight excluding hydrogens is 343 g/mol. The summed E-state index contributed by atoms with van der Waals surface area (Å²) in [5.41, 5.74) is 2.27. The average Bonchev–Trinajstić information content (AvgIpc) is 2.59. The Morgan fingerprint density at radius 1 is 1.12 bits per heavy atom. The van der Waals surface area contributed by atoms with E-state index in [0.29, 0.717) is 16.7 Å². The molecule has 0 amide bonds. The lowest BCUT2D eigenvalue weighted by Gasteiger charge is -2.36. The van der Waals surface area contributed by atoms with E-state index in [2.05, 4.69) is 22.3 Å². The Hall–Kier alpha value is -1.26. The van der Waals surface area contributed by atoms with Crippen LogP contribution in [0.3, 0.4) is 0 Å². The smallest absolute Gasteiger partial charge is 0.119 e. The average molecular weight is 365 g/mol. The second-order valence-electron chi connectivity index (χ2n) is 5.86. The van der Waals surface area contributed by atoms with Crippen LogP contribution in [0.4, 0.5) is 0 Å². The van der Waals surface area contributed by atoms with Crippen molar-refractivity contribution in [2.75, 3.05) is 32.8 Å². The van der Waals surface area contributed by atoms with Crippen molar-refractivity contribution in [3.63, 3.8) is 0 Å². The molecule has 1 N–H and O–H groups in total. The third-order valence-electron chi connectivity index (χ3n) is 4.26. The van der Waals surface area contributed by atoms with Crippen LogP contribution in [0.15, 0.2) is 42.5 Å². The predicted molar refractivity (Wildman–Crippen MR) is 100 cm³/mol. The van der Waals surface area contributed by atoms with E-state index in [-0.39, 0.29) is 6.04 Å². The molecule has 1 aliphatic heterocycles. The number of hydrogen-bond donors (Lipinski definition) is 1. The molecule has 0 spiro atoms. The molecule has 1 aliphatic rings. The molecule has 0 bridgehead atoms. The molecule has 5 heteroatoms. The number of halogens is 2. The molecule has 0 aromatic heterocycles. The van der Waals surface area contributed by atoms with Gasteiger partial charge in [-0.2, -0.15) is 0 Å². The Morgan fingerprint density at radius 2 is 1.92 bits per heavy atom. The van der Waals surface area contributed by atoms with E-state index < -0.39 is 0 Å². The molecule has 1 atom stereocenters. The van der Waals surface area contributed by atoms with E-state index in [0.717, 1.165) is 37.5 Å². The van der Waals surface area contributed by atoms with Crippen molar-refractivity contribution in [2.24, 2.45) is 0 Å². The molecule has 3 nitrogen and oxygen atoms in total. The summed E-state index contributed by atoms with van der Waals surface area (Å²) in [6, 6.07) is 14.1. The lowest BCUT2D eigenvalue weighted by atomic mass is 9.96. The van der Waals surface area contributed by atoms with Gasteiger partial charge in [-0.3, -0.25) is 4.90 Å². The Kier molecular flexibility index (Phi) is 6.01. The molecule has 0 radical (unpaired) electrons. The summed E-state index contributed by atoms with van der Waals surface area (Å²) in [6.45, 7) is 6.56. The molecule has 3 rings (SSSR count). The van der Waals surface area contributed by atoms with Crippen molar-refractivity contribution in [2.45, 2.75) is 13.0 Å². The first-order valence-electron chi connectivity index (χ1n) is 8.31. The van der Waals surface area contributed by atoms with Gasteiger partial charge in [0.05, 0.1) is 12.6 Å². The van der Waals surface area contributed by atoms with Gasteiger partial charge in [0.15, 0.2) is 0 Å². The minimum Gasteiger partial charge on any atom is -0.494 e. The van der Waals surface area contributed by atoms with Gasteiger partial charge in [-0.1, -0.05) is 41.4 Å². The quantitative estimate of drug-likeness (QED) is 0.851. The molecular formula is C19H22Cl2N2O. The summed E-state index contributed by atoms with van der Waals surface area (Å²) in [7, 11) is 0. The van der Waals surface area contributed by atoms with Gasteiger partial charge in [0.1, 0.15) is 5.75 Å². The minimum atomic E-state index is 0.0947. The zero-order valence-electron chi connectivity index (χ0n) is 13.8. The highest BCUT2D eigenvalue weighted by molar-refractivity contribution is 6.35. The molecule has 1 unspecified atom stereocenters. The van der Waals surface area contributed by atoms with E-state index in [9.17, 15) is 0 Å². The van der Waals surface area contributed by atoms with Crippen LogP contribution in [0.5, 0.6) is 5.75 Å². The van der Waals surface area contributed by atoms with E-state index in [4.69, 9.17) is 27.9 Å². The predicted octanol–water partition coefficient (Wildman–Crippen LogP) is 4.39. The SMILES string of the molecule is CCOc1cccc(C(c2ccc(Cl)cc2Cl)N2CCNCC2)c1. The maximum Gasteiger partial charge on any atom is 0.119 e. The van der Waals surface area contributed by atoms with Gasteiger partial charge in [-0.25, -0.2) is 0 Å². The van der Waals surface area contributed by atoms with Crippen LogP contribution in [-0.4, -0.2) is 37.7 Å². The second kappa shape index (κ2) is 8.21. The fourth-order valence-electron chi connectivity index (χ4n) is 3.19. The summed E-state index contributed by atoms with van der Waals surface area (Å²) in [5.74, 6) is 0.889. The molecule has 128 valence electrons. The summed E-state index contributed by atoms with van der Waals surface area (Å²) < 4.78 is 5.68. The number of hydrogen-bond acceptors (Lipinski definition) is 3. The zero-order chi connectivity index (χ0) is 16.9. The van der Waals surface area contributed by atoms with Gasteiger partial charge in [-0.05, 0) is 42.3 Å². The number of benzene rings is 2. The van der Waals surface area contributed by atoms with Gasteiger partial charge >= 0.3 is 0 Å². The number of nitrogens with one attached hydrogen (secondary N) is 1. The topological polar surface area (TPSA) is 24.5 Å². The summed E-state index contributed by atoms with van der Waals surface area (Å²) >= 11 is 12.6. The molecule has 2 aromatic rings. The van der Waals surface area contributed by atoms with Crippen LogP contribution in [0.25, 0.3) is 0 Å². The molecule has 1 heterocycles. The monoisotopic (exact) mass is 364 g/mol. The standard InChI is InChI=1S/C19H22Cl2N2O/c1-2-24-16-5-3-4-14(12-16)19(23-10-8-22-9-11-23)17-7-6-15(20)13-18(17)21/h3-7,12-13,19,22H,2,8-11H2,1H3. The van der Waals surface area contributed by atoms with Crippen LogP contribution in [0, 0.1) is 0 Å². The largest absolute Gasteiger partial charge is 0.494 e. The third kappa shape index (κ3) is 4.04. The van der Waals surface area contributed by atoms with Crippen LogP contribution in [0.2, 0.25) is 10.0 Å². The molecule has 1 saturated heterocycles. The normalized spacial score (nSPS) is 16.8. The Bertz CT molecular complexity index is 687. The van der Waals surface area contributed by atoms with Crippen molar-refractivity contribution in [1.82, 2.24) is 10.2 Å². The summed E-state index contributed by atoms with van der Waals surface area (Å²) in [5, 5.41) is 4.77. The Morgan fingerprint density at radius 3 is 2.62 bits per heavy atom. The lowest BCUT2D eigenvalue weighted by molar-refractivity contribution is 0.198. The van der Waals surface area contributed by atoms with Crippen molar-refractivity contribution < 1.29 is 4.74 Å². The Balaban J connectivity index is 2.02. The number of ether oxygens (including phenoxy) is 1. The highest BCUT2D eigenvalue weighted by atomic mass is 35.5. The van der Waals surface area contributed by atoms with Gasteiger partial charge < -0.3 is 10.1 Å². The summed E-state index contributed by atoms with van der Waals surface area (Å²) in [6.07, 6.45) is 0. The van der Waals surface area contributed by atoms with E-state index >= 15 is 0 Å². The fraction of sp³-hybridized carbons (Fsp3) is 0.368. The van der Waals surface area contributed by atoms with Crippen molar-refractivity contribution in [3.05, 3.63) is 63.6 Å². The molecule has 0 saturated carbocycles. The van der Waals surface area contributed by atoms with E-state index in [1.165, 1.54) is 5.56 Å². The maximum absolute atomic E-state index is 6.54. The number of rotatable bonds is 5. The highest BCUT2D eigenvalue weighted by Gasteiger charge is 2.26. The molecule has 0 aliphatic carbocycles. The first kappa shape index (κ1) is 17.6. The number of piperazine rings is 1. The van der Waals surface area contributed by atoms with Crippen LogP contribution >= 0.6 is 23.2 Å². The van der Waals surface area contributed by atoms with E-state index in [1.807, 2.05) is 37.3 Å². The first-order valence-corrected chi connectivity index (χ1v) is 9.07. The van der Waals surface area contributed by atoms with Gasteiger partial charge in [0.25, 0.3) is 0 Å². The number of nitrogens with zero attached hydrogens (tertiary/aromatic N) is 1. The highest BCUT2D eigenvalue weighted by Crippen LogP contribution is 2.36. The van der Waals surface area contributed by atoms with Crippen molar-refractivity contribution in [1.29, 1.82) is 0 Å². The minimum absolute atomic E-state index is 0.0947. The maximum atomic E-state index is 6.54. The zero-order valence-corrected chi connectivity index (χ0v) is 15.3. The lowest BCUT2D eigenvalue weighted by Crippen LogP contribution is -2.45. The second-order valence-corrected chi connectivity index (χ2v) is 6.70. The van der Waals surface area contributed by atoms with Gasteiger partial charge in [0.2, 0.25) is 0 Å². The van der Waals surface area contributed by atoms with Crippen molar-refractivity contribution >= 4 is 23.2 Å². The van der Waals surface area contributed by atoms with Gasteiger partial charge in [0, 0.05) is 36.2 Å². The molecule has 24 heavy (non-hydrogen) atoms. The Labute approximate surface area is 153 Å². The van der Waals surface area contributed by atoms with E-state index in [1.54, 1.807) is 0 Å². The first-order chi connectivity index (χ1) is 11.7. The fourth-order valence-corrected chi connectivity index (χ4v) is 3.70. The van der Waals surface area contributed by atoms with Gasteiger partial charge in [-0.15, -0.1) is 0 Å². The molecule has 2 aromatic carbocycles.